The van der Waals surface area contributed by atoms with Gasteiger partial charge in [-0.25, -0.2) is 4.79 Å². The second-order valence-corrected chi connectivity index (χ2v) is 4.48. The van der Waals surface area contributed by atoms with Gasteiger partial charge in [-0.2, -0.15) is 0 Å². The minimum absolute atomic E-state index is 0.0572. The number of aromatic carboxylic acids is 1. The molecule has 0 aliphatic rings. The average molecular weight is 278 g/mol. The molecule has 5 heteroatoms. The van der Waals surface area contributed by atoms with E-state index in [2.05, 4.69) is 0 Å². The van der Waals surface area contributed by atoms with Crippen LogP contribution < -0.4 is 10.5 Å². The van der Waals surface area contributed by atoms with Crippen molar-refractivity contribution < 1.29 is 14.6 Å². The molecule has 0 radical (unpaired) electrons. The van der Waals surface area contributed by atoms with Crippen LogP contribution in [-0.2, 0) is 0 Å². The standard InChI is InChI=1S/C14H12ClNO3/c1-8-6-10(3-5-12(8)15)19-13-7-9(16)2-4-11(13)14(17)18/h2-7H,16H2,1H3,(H,17,18). The van der Waals surface area contributed by atoms with Crippen molar-refractivity contribution in [2.24, 2.45) is 0 Å². The van der Waals surface area contributed by atoms with Crippen LogP contribution in [0.2, 0.25) is 5.02 Å². The summed E-state index contributed by atoms with van der Waals surface area (Å²) in [5.41, 5.74) is 6.98. The average Bonchev–Trinajstić information content (AvgIpc) is 2.33. The van der Waals surface area contributed by atoms with Gasteiger partial charge >= 0.3 is 5.97 Å². The molecule has 0 spiro atoms. The van der Waals surface area contributed by atoms with Crippen molar-refractivity contribution in [3.05, 3.63) is 52.5 Å². The molecule has 2 aromatic carbocycles. The number of hydrogen-bond acceptors (Lipinski definition) is 3. The van der Waals surface area contributed by atoms with Gasteiger partial charge in [0.2, 0.25) is 0 Å². The number of ether oxygens (including phenoxy) is 1. The van der Waals surface area contributed by atoms with E-state index in [9.17, 15) is 4.79 Å². The van der Waals surface area contributed by atoms with Crippen molar-refractivity contribution in [1.82, 2.24) is 0 Å². The van der Waals surface area contributed by atoms with Crippen LogP contribution in [0.1, 0.15) is 15.9 Å². The van der Waals surface area contributed by atoms with Crippen LogP contribution in [0.5, 0.6) is 11.5 Å². The highest BCUT2D eigenvalue weighted by molar-refractivity contribution is 6.31. The van der Waals surface area contributed by atoms with Crippen molar-refractivity contribution in [2.75, 3.05) is 5.73 Å². The Balaban J connectivity index is 2.39. The molecule has 0 amide bonds. The fraction of sp³-hybridized carbons (Fsp3) is 0.0714. The fourth-order valence-corrected chi connectivity index (χ4v) is 1.73. The summed E-state index contributed by atoms with van der Waals surface area (Å²) in [5, 5.41) is 9.71. The Bertz CT molecular complexity index is 641. The van der Waals surface area contributed by atoms with Crippen molar-refractivity contribution in [3.8, 4) is 11.5 Å². The Kier molecular flexibility index (Phi) is 3.62. The monoisotopic (exact) mass is 277 g/mol. The van der Waals surface area contributed by atoms with Crippen LogP contribution in [0.4, 0.5) is 5.69 Å². The molecule has 2 rings (SSSR count). The summed E-state index contributed by atoms with van der Waals surface area (Å²) in [7, 11) is 0. The number of hydrogen-bond donors (Lipinski definition) is 2. The Morgan fingerprint density at radius 3 is 2.63 bits per heavy atom. The lowest BCUT2D eigenvalue weighted by Gasteiger charge is -2.10. The Morgan fingerprint density at radius 1 is 1.26 bits per heavy atom. The summed E-state index contributed by atoms with van der Waals surface area (Å²) in [6, 6.07) is 9.51. The number of rotatable bonds is 3. The maximum Gasteiger partial charge on any atom is 0.339 e. The predicted octanol–water partition coefficient (Wildman–Crippen LogP) is 3.72. The van der Waals surface area contributed by atoms with E-state index in [1.807, 2.05) is 6.92 Å². The maximum atomic E-state index is 11.1. The van der Waals surface area contributed by atoms with Crippen molar-refractivity contribution in [1.29, 1.82) is 0 Å². The molecule has 0 saturated heterocycles. The van der Waals surface area contributed by atoms with Crippen LogP contribution in [-0.4, -0.2) is 11.1 Å². The zero-order chi connectivity index (χ0) is 14.0. The second-order valence-electron chi connectivity index (χ2n) is 4.07. The third-order valence-electron chi connectivity index (χ3n) is 2.59. The highest BCUT2D eigenvalue weighted by atomic mass is 35.5. The van der Waals surface area contributed by atoms with Gasteiger partial charge in [-0.15, -0.1) is 0 Å². The summed E-state index contributed by atoms with van der Waals surface area (Å²) in [6.45, 7) is 1.84. The highest BCUT2D eigenvalue weighted by Gasteiger charge is 2.12. The maximum absolute atomic E-state index is 11.1. The SMILES string of the molecule is Cc1cc(Oc2cc(N)ccc2C(=O)O)ccc1Cl. The zero-order valence-corrected chi connectivity index (χ0v) is 10.9. The minimum atomic E-state index is -1.07. The fourth-order valence-electron chi connectivity index (χ4n) is 1.61. The smallest absolute Gasteiger partial charge is 0.339 e. The van der Waals surface area contributed by atoms with Gasteiger partial charge in [0.1, 0.15) is 17.1 Å². The number of carboxylic acid groups (broad SMARTS) is 1. The van der Waals surface area contributed by atoms with E-state index in [0.717, 1.165) is 5.56 Å². The van der Waals surface area contributed by atoms with Crippen LogP contribution >= 0.6 is 11.6 Å². The van der Waals surface area contributed by atoms with Gasteiger partial charge in [-0.3, -0.25) is 0 Å². The van der Waals surface area contributed by atoms with E-state index < -0.39 is 5.97 Å². The number of carbonyl (C=O) groups is 1. The lowest BCUT2D eigenvalue weighted by atomic mass is 10.2. The first-order chi connectivity index (χ1) is 8.97. The molecule has 19 heavy (non-hydrogen) atoms. The normalized spacial score (nSPS) is 10.2. The van der Waals surface area contributed by atoms with Gasteiger partial charge in [0.25, 0.3) is 0 Å². The largest absolute Gasteiger partial charge is 0.478 e. The molecule has 3 N–H and O–H groups in total. The van der Waals surface area contributed by atoms with Crippen molar-refractivity contribution >= 4 is 23.3 Å². The first kappa shape index (κ1) is 13.2. The molecule has 0 aliphatic carbocycles. The molecule has 0 aromatic heterocycles. The molecule has 0 aliphatic heterocycles. The number of nitrogens with two attached hydrogens (primary N) is 1. The quantitative estimate of drug-likeness (QED) is 0.839. The van der Waals surface area contributed by atoms with Gasteiger partial charge in [0.05, 0.1) is 0 Å². The third-order valence-corrected chi connectivity index (χ3v) is 3.02. The number of anilines is 1. The van der Waals surface area contributed by atoms with Crippen LogP contribution in [0, 0.1) is 6.92 Å². The van der Waals surface area contributed by atoms with Crippen molar-refractivity contribution in [3.63, 3.8) is 0 Å². The van der Waals surface area contributed by atoms with E-state index in [1.165, 1.54) is 18.2 Å². The lowest BCUT2D eigenvalue weighted by molar-refractivity contribution is 0.0694. The molecule has 98 valence electrons. The Labute approximate surface area is 115 Å². The van der Waals surface area contributed by atoms with Crippen molar-refractivity contribution in [2.45, 2.75) is 6.92 Å². The Hall–Kier alpha value is -2.20. The first-order valence-electron chi connectivity index (χ1n) is 5.54. The molecule has 4 nitrogen and oxygen atoms in total. The van der Waals surface area contributed by atoms with Gasteiger partial charge in [-0.1, -0.05) is 11.6 Å². The first-order valence-corrected chi connectivity index (χ1v) is 5.92. The number of carboxylic acids is 1. The molecule has 0 saturated carbocycles. The third kappa shape index (κ3) is 2.98. The lowest BCUT2D eigenvalue weighted by Crippen LogP contribution is -2.01. The molecular formula is C14H12ClNO3. The van der Waals surface area contributed by atoms with Gasteiger partial charge in [-0.05, 0) is 42.8 Å². The summed E-state index contributed by atoms with van der Waals surface area (Å²) < 4.78 is 5.57. The van der Waals surface area contributed by atoms with E-state index in [1.54, 1.807) is 18.2 Å². The van der Waals surface area contributed by atoms with Crippen LogP contribution in [0.25, 0.3) is 0 Å². The molecule has 0 unspecified atom stereocenters. The number of benzene rings is 2. The number of halogens is 1. The summed E-state index contributed by atoms with van der Waals surface area (Å²) in [6.07, 6.45) is 0. The molecule has 0 atom stereocenters. The van der Waals surface area contributed by atoms with E-state index in [-0.39, 0.29) is 11.3 Å². The van der Waals surface area contributed by atoms with E-state index in [0.29, 0.717) is 16.5 Å². The van der Waals surface area contributed by atoms with Crippen LogP contribution in [0.15, 0.2) is 36.4 Å². The van der Waals surface area contributed by atoms with E-state index in [4.69, 9.17) is 27.2 Å². The second kappa shape index (κ2) is 5.20. The Morgan fingerprint density at radius 2 is 2.00 bits per heavy atom. The topological polar surface area (TPSA) is 72.5 Å². The zero-order valence-electron chi connectivity index (χ0n) is 10.2. The molecule has 0 fully saturated rings. The van der Waals surface area contributed by atoms with Crippen LogP contribution in [0.3, 0.4) is 0 Å². The van der Waals surface area contributed by atoms with Gasteiger partial charge in [0, 0.05) is 16.8 Å². The summed E-state index contributed by atoms with van der Waals surface area (Å²) in [4.78, 5) is 11.1. The number of nitrogen functional groups attached to an aromatic ring is 1. The van der Waals surface area contributed by atoms with E-state index >= 15 is 0 Å². The summed E-state index contributed by atoms with van der Waals surface area (Å²) in [5.74, 6) is -0.357. The van der Waals surface area contributed by atoms with Gasteiger partial charge in [0.15, 0.2) is 0 Å². The number of aryl methyl sites for hydroxylation is 1. The molecule has 0 heterocycles. The molecule has 0 bridgehead atoms. The molecular weight excluding hydrogens is 266 g/mol. The predicted molar refractivity (Wildman–Crippen MR) is 74.1 cm³/mol. The molecule has 2 aromatic rings. The highest BCUT2D eigenvalue weighted by Crippen LogP contribution is 2.29. The summed E-state index contributed by atoms with van der Waals surface area (Å²) >= 11 is 5.92. The van der Waals surface area contributed by atoms with Gasteiger partial charge < -0.3 is 15.6 Å². The minimum Gasteiger partial charge on any atom is -0.478 e.